The van der Waals surface area contributed by atoms with Gasteiger partial charge in [-0.3, -0.25) is 14.2 Å². The standard InChI is InChI=1S/C22H44O8P2.2Na/c1-29-32(28,30-2)22(24)20-18-16-14-12-10-8-6-4-3-5-7-9-11-13-15-17-19-21(23)31(25,26)27;;/h3-20H2,1-2H3,(H2,25,26,27);;/q;2*+1/p-2. The zero-order valence-corrected chi connectivity index (χ0v) is 27.7. The molecule has 0 saturated carbocycles. The third kappa shape index (κ3) is 21.7. The first-order chi connectivity index (χ1) is 15.2. The molecular formula is C22H42Na2O8P2. The second-order valence-electron chi connectivity index (χ2n) is 8.30. The van der Waals surface area contributed by atoms with Crippen molar-refractivity contribution < 1.29 is 96.7 Å². The molecule has 8 nitrogen and oxygen atoms in total. The molecule has 0 N–H and O–H groups in total. The van der Waals surface area contributed by atoms with Crippen LogP contribution in [0, 0.1) is 0 Å². The average molecular weight is 542 g/mol. The Balaban J connectivity index is -0.00000480. The Morgan fingerprint density at radius 1 is 0.529 bits per heavy atom. The molecule has 0 aromatic heterocycles. The van der Waals surface area contributed by atoms with E-state index in [9.17, 15) is 28.5 Å². The fourth-order valence-electron chi connectivity index (χ4n) is 3.58. The first kappa shape index (κ1) is 40.1. The van der Waals surface area contributed by atoms with Crippen LogP contribution in [0.2, 0.25) is 0 Å². The van der Waals surface area contributed by atoms with Gasteiger partial charge in [-0.15, -0.1) is 0 Å². The molecule has 0 spiro atoms. The van der Waals surface area contributed by atoms with Gasteiger partial charge in [0.2, 0.25) is 5.52 Å². The van der Waals surface area contributed by atoms with Crippen molar-refractivity contribution in [3.05, 3.63) is 0 Å². The first-order valence-electron chi connectivity index (χ1n) is 12.0. The van der Waals surface area contributed by atoms with Crippen LogP contribution in [0.3, 0.4) is 0 Å². The number of hydrogen-bond donors (Lipinski definition) is 0. The molecule has 0 saturated heterocycles. The maximum absolute atomic E-state index is 11.9. The van der Waals surface area contributed by atoms with Crippen LogP contribution in [0.15, 0.2) is 0 Å². The zero-order chi connectivity index (χ0) is 24.3. The normalized spacial score (nSPS) is 11.5. The van der Waals surface area contributed by atoms with E-state index in [1.165, 1.54) is 59.2 Å². The van der Waals surface area contributed by atoms with Crippen molar-refractivity contribution in [3.8, 4) is 0 Å². The number of unbranched alkanes of at least 4 members (excludes halogenated alkanes) is 15. The predicted molar refractivity (Wildman–Crippen MR) is 122 cm³/mol. The maximum atomic E-state index is 11.9. The molecule has 0 atom stereocenters. The number of hydrogen-bond acceptors (Lipinski definition) is 8. The van der Waals surface area contributed by atoms with Crippen molar-refractivity contribution in [2.45, 2.75) is 116 Å². The molecule has 190 valence electrons. The molecule has 0 radical (unpaired) electrons. The van der Waals surface area contributed by atoms with E-state index in [2.05, 4.69) is 0 Å². The third-order valence-electron chi connectivity index (χ3n) is 5.62. The number of carbonyl (C=O) groups is 2. The Bertz CT molecular complexity index is 606. The van der Waals surface area contributed by atoms with Gasteiger partial charge in [0.05, 0.1) is 0 Å². The molecule has 0 aliphatic rings. The molecule has 0 heterocycles. The Kier molecular flexibility index (Phi) is 29.5. The van der Waals surface area contributed by atoms with E-state index in [1.54, 1.807) is 0 Å². The largest absolute Gasteiger partial charge is 1.00 e. The van der Waals surface area contributed by atoms with E-state index in [-0.39, 0.29) is 72.0 Å². The summed E-state index contributed by atoms with van der Waals surface area (Å²) in [5.41, 5.74) is -1.60. The molecule has 0 fully saturated rings. The van der Waals surface area contributed by atoms with Gasteiger partial charge in [-0.05, 0) is 12.8 Å². The smallest absolute Gasteiger partial charge is 0.805 e. The third-order valence-corrected chi connectivity index (χ3v) is 8.25. The van der Waals surface area contributed by atoms with E-state index in [4.69, 9.17) is 9.05 Å². The van der Waals surface area contributed by atoms with Crippen LogP contribution in [0.1, 0.15) is 116 Å². The molecule has 0 unspecified atom stereocenters. The fourth-order valence-corrected chi connectivity index (χ4v) is 5.00. The minimum atomic E-state index is -5.03. The summed E-state index contributed by atoms with van der Waals surface area (Å²) in [5.74, 6) is 0. The summed E-state index contributed by atoms with van der Waals surface area (Å²) in [6.07, 6.45) is 17.1. The molecule has 0 aromatic carbocycles. The topological polar surface area (TPSA) is 133 Å². The number of carbonyl (C=O) groups excluding carboxylic acids is 2. The van der Waals surface area contributed by atoms with Gasteiger partial charge in [0, 0.05) is 34.7 Å². The second kappa shape index (κ2) is 24.9. The van der Waals surface area contributed by atoms with E-state index < -0.39 is 26.2 Å². The van der Waals surface area contributed by atoms with E-state index in [0.29, 0.717) is 6.42 Å². The Hall–Kier alpha value is 1.64. The Morgan fingerprint density at radius 3 is 1.00 bits per heavy atom. The van der Waals surface area contributed by atoms with Crippen LogP contribution in [-0.2, 0) is 27.8 Å². The minimum absolute atomic E-state index is 0. The maximum Gasteiger partial charge on any atom is 1.00 e. The van der Waals surface area contributed by atoms with Crippen LogP contribution in [0.4, 0.5) is 0 Å². The van der Waals surface area contributed by atoms with E-state index >= 15 is 0 Å². The van der Waals surface area contributed by atoms with Gasteiger partial charge in [0.25, 0.3) is 0 Å². The Labute approximate surface area is 250 Å². The van der Waals surface area contributed by atoms with Gasteiger partial charge in [-0.2, -0.15) is 0 Å². The molecule has 0 aliphatic heterocycles. The first-order valence-corrected chi connectivity index (χ1v) is 15.1. The molecule has 12 heteroatoms. The average Bonchev–Trinajstić information content (AvgIpc) is 2.76. The molecular weight excluding hydrogens is 500 g/mol. The van der Waals surface area contributed by atoms with Gasteiger partial charge in [-0.1, -0.05) is 89.9 Å². The van der Waals surface area contributed by atoms with Crippen molar-refractivity contribution in [3.63, 3.8) is 0 Å². The quantitative estimate of drug-likeness (QED) is 0.0956. The summed E-state index contributed by atoms with van der Waals surface area (Å²) in [5, 5.41) is 0. The second-order valence-corrected chi connectivity index (χ2v) is 12.0. The van der Waals surface area contributed by atoms with Crippen LogP contribution >= 0.6 is 15.2 Å². The predicted octanol–water partition coefficient (Wildman–Crippen LogP) is -0.531. The van der Waals surface area contributed by atoms with Crippen molar-refractivity contribution in [1.82, 2.24) is 0 Å². The zero-order valence-electron chi connectivity index (χ0n) is 21.9. The van der Waals surface area contributed by atoms with Crippen molar-refractivity contribution in [1.29, 1.82) is 0 Å². The van der Waals surface area contributed by atoms with Crippen LogP contribution in [0.5, 0.6) is 0 Å². The molecule has 0 bridgehead atoms. The van der Waals surface area contributed by atoms with E-state index in [0.717, 1.165) is 51.4 Å². The number of rotatable bonds is 23. The SMILES string of the molecule is COP(=O)(OC)C(=O)CCCCCCCCCCCCCCCCCCC(=O)P(=O)([O-])[O-].[Na+].[Na+]. The van der Waals surface area contributed by atoms with E-state index in [1.807, 2.05) is 0 Å². The fraction of sp³-hybridized carbons (Fsp3) is 0.909. The van der Waals surface area contributed by atoms with Crippen molar-refractivity contribution in [2.75, 3.05) is 14.2 Å². The van der Waals surface area contributed by atoms with Crippen LogP contribution < -0.4 is 68.9 Å². The van der Waals surface area contributed by atoms with Crippen molar-refractivity contribution >= 4 is 26.2 Å². The molecule has 0 aliphatic carbocycles. The summed E-state index contributed by atoms with van der Waals surface area (Å²) in [4.78, 5) is 43.8. The minimum Gasteiger partial charge on any atom is -0.805 e. The van der Waals surface area contributed by atoms with Gasteiger partial charge in [0.1, 0.15) is 0 Å². The summed E-state index contributed by atoms with van der Waals surface area (Å²) in [7, 11) is -6.11. The summed E-state index contributed by atoms with van der Waals surface area (Å²) in [6, 6.07) is 0. The van der Waals surface area contributed by atoms with Crippen LogP contribution in [0.25, 0.3) is 0 Å². The van der Waals surface area contributed by atoms with Crippen molar-refractivity contribution in [2.24, 2.45) is 0 Å². The molecule has 0 aromatic rings. The monoisotopic (exact) mass is 542 g/mol. The summed E-state index contributed by atoms with van der Waals surface area (Å²) < 4.78 is 31.8. The summed E-state index contributed by atoms with van der Waals surface area (Å²) in [6.45, 7) is 0. The molecule has 0 amide bonds. The summed E-state index contributed by atoms with van der Waals surface area (Å²) >= 11 is 0. The van der Waals surface area contributed by atoms with Gasteiger partial charge >= 0.3 is 66.7 Å². The van der Waals surface area contributed by atoms with Gasteiger partial charge < -0.3 is 23.4 Å². The molecule has 0 rings (SSSR count). The Morgan fingerprint density at radius 2 is 0.765 bits per heavy atom. The molecule has 34 heavy (non-hydrogen) atoms. The van der Waals surface area contributed by atoms with Gasteiger partial charge in [-0.25, -0.2) is 0 Å². The van der Waals surface area contributed by atoms with Crippen LogP contribution in [-0.4, -0.2) is 25.3 Å². The van der Waals surface area contributed by atoms with Gasteiger partial charge in [0.15, 0.2) is 5.52 Å².